The number of nitrogens with zero attached hydrogens (tertiary/aromatic N) is 2. The average molecular weight is 237 g/mol. The van der Waals surface area contributed by atoms with Gasteiger partial charge < -0.3 is 10.1 Å². The van der Waals surface area contributed by atoms with E-state index in [9.17, 15) is 0 Å². The summed E-state index contributed by atoms with van der Waals surface area (Å²) in [5.41, 5.74) is 0.994. The fourth-order valence-electron chi connectivity index (χ4n) is 1.64. The molecule has 0 fully saturated rings. The summed E-state index contributed by atoms with van der Waals surface area (Å²) in [6.07, 6.45) is 8.51. The molecule has 1 heterocycles. The number of aromatic nitrogens is 2. The molecule has 1 aromatic rings. The Morgan fingerprint density at radius 3 is 2.82 bits per heavy atom. The van der Waals surface area contributed by atoms with Gasteiger partial charge in [0.15, 0.2) is 0 Å². The van der Waals surface area contributed by atoms with E-state index < -0.39 is 0 Å². The maximum absolute atomic E-state index is 5.58. The van der Waals surface area contributed by atoms with E-state index in [-0.39, 0.29) is 6.04 Å². The molecule has 1 aromatic heterocycles. The topological polar surface area (TPSA) is 47.0 Å². The Kier molecular flexibility index (Phi) is 7.51. The Morgan fingerprint density at radius 1 is 1.29 bits per heavy atom. The van der Waals surface area contributed by atoms with Crippen LogP contribution in [0.2, 0.25) is 0 Å². The summed E-state index contributed by atoms with van der Waals surface area (Å²) in [6, 6.07) is 0.246. The van der Waals surface area contributed by atoms with Crippen LogP contribution in [0.1, 0.15) is 44.8 Å². The van der Waals surface area contributed by atoms with Gasteiger partial charge >= 0.3 is 0 Å². The molecular weight excluding hydrogens is 214 g/mol. The molecule has 4 nitrogen and oxygen atoms in total. The second kappa shape index (κ2) is 9.07. The van der Waals surface area contributed by atoms with E-state index in [1.54, 1.807) is 12.4 Å². The van der Waals surface area contributed by atoms with Crippen molar-refractivity contribution in [2.45, 2.75) is 39.2 Å². The number of hydrogen-bond donors (Lipinski definition) is 1. The van der Waals surface area contributed by atoms with Gasteiger partial charge in [0.2, 0.25) is 0 Å². The van der Waals surface area contributed by atoms with Crippen molar-refractivity contribution < 1.29 is 4.74 Å². The van der Waals surface area contributed by atoms with Crippen LogP contribution < -0.4 is 5.32 Å². The third-order valence-corrected chi connectivity index (χ3v) is 2.58. The highest BCUT2D eigenvalue weighted by atomic mass is 16.5. The van der Waals surface area contributed by atoms with Crippen LogP contribution in [0, 0.1) is 0 Å². The zero-order valence-corrected chi connectivity index (χ0v) is 10.9. The summed E-state index contributed by atoms with van der Waals surface area (Å²) in [4.78, 5) is 8.43. The Balaban J connectivity index is 2.33. The minimum atomic E-state index is 0.246. The van der Waals surface area contributed by atoms with Gasteiger partial charge in [0.05, 0.1) is 11.7 Å². The van der Waals surface area contributed by atoms with Gasteiger partial charge in [-0.15, -0.1) is 0 Å². The highest BCUT2D eigenvalue weighted by Gasteiger charge is 2.11. The van der Waals surface area contributed by atoms with Gasteiger partial charge in [0, 0.05) is 31.8 Å². The highest BCUT2D eigenvalue weighted by Crippen LogP contribution is 2.12. The Bertz CT molecular complexity index is 279. The lowest BCUT2D eigenvalue weighted by Gasteiger charge is -2.16. The number of ether oxygens (including phenoxy) is 1. The molecule has 0 radical (unpaired) electrons. The van der Waals surface area contributed by atoms with Crippen molar-refractivity contribution in [1.29, 1.82) is 0 Å². The standard InChI is InChI=1S/C13H23N3O/c1-3-5-9-17-10-6-12(15-4-2)13-11-14-7-8-16-13/h7-8,11-12,15H,3-6,9-10H2,1-2H3. The van der Waals surface area contributed by atoms with E-state index in [1.165, 1.54) is 6.42 Å². The van der Waals surface area contributed by atoms with Gasteiger partial charge in [-0.25, -0.2) is 0 Å². The third kappa shape index (κ3) is 5.75. The van der Waals surface area contributed by atoms with E-state index in [1.807, 2.05) is 6.20 Å². The first-order chi connectivity index (χ1) is 8.38. The number of hydrogen-bond acceptors (Lipinski definition) is 4. The molecule has 0 aliphatic carbocycles. The lowest BCUT2D eigenvalue weighted by molar-refractivity contribution is 0.121. The smallest absolute Gasteiger partial charge is 0.0756 e. The van der Waals surface area contributed by atoms with Crippen molar-refractivity contribution in [3.63, 3.8) is 0 Å². The van der Waals surface area contributed by atoms with E-state index in [4.69, 9.17) is 4.74 Å². The maximum atomic E-state index is 5.58. The molecule has 0 spiro atoms. The van der Waals surface area contributed by atoms with Gasteiger partial charge in [0.1, 0.15) is 0 Å². The molecule has 0 aromatic carbocycles. The van der Waals surface area contributed by atoms with Gasteiger partial charge in [-0.2, -0.15) is 0 Å². The second-order valence-electron chi connectivity index (χ2n) is 4.00. The zero-order valence-electron chi connectivity index (χ0n) is 10.9. The van der Waals surface area contributed by atoms with E-state index in [2.05, 4.69) is 29.1 Å². The Labute approximate surface area is 104 Å². The molecule has 0 bridgehead atoms. The van der Waals surface area contributed by atoms with Crippen molar-refractivity contribution in [3.05, 3.63) is 24.3 Å². The summed E-state index contributed by atoms with van der Waals surface area (Å²) in [5.74, 6) is 0. The maximum Gasteiger partial charge on any atom is 0.0756 e. The molecule has 1 atom stereocenters. The largest absolute Gasteiger partial charge is 0.381 e. The van der Waals surface area contributed by atoms with E-state index >= 15 is 0 Å². The van der Waals surface area contributed by atoms with Crippen molar-refractivity contribution in [2.75, 3.05) is 19.8 Å². The first-order valence-electron chi connectivity index (χ1n) is 6.45. The van der Waals surface area contributed by atoms with E-state index in [0.29, 0.717) is 0 Å². The first kappa shape index (κ1) is 14.1. The third-order valence-electron chi connectivity index (χ3n) is 2.58. The SMILES string of the molecule is CCCCOCCC(NCC)c1cnccn1. The minimum Gasteiger partial charge on any atom is -0.381 e. The molecule has 4 heteroatoms. The first-order valence-corrected chi connectivity index (χ1v) is 6.45. The van der Waals surface area contributed by atoms with Crippen LogP contribution in [0.25, 0.3) is 0 Å². The van der Waals surface area contributed by atoms with Crippen LogP contribution >= 0.6 is 0 Å². The monoisotopic (exact) mass is 237 g/mol. The summed E-state index contributed by atoms with van der Waals surface area (Å²) in [5, 5.41) is 3.41. The van der Waals surface area contributed by atoms with Crippen LogP contribution in [0.3, 0.4) is 0 Å². The summed E-state index contributed by atoms with van der Waals surface area (Å²) in [7, 11) is 0. The van der Waals surface area contributed by atoms with Crippen LogP contribution in [0.4, 0.5) is 0 Å². The van der Waals surface area contributed by atoms with Gasteiger partial charge in [-0.3, -0.25) is 9.97 Å². The normalized spacial score (nSPS) is 12.6. The lowest BCUT2D eigenvalue weighted by Crippen LogP contribution is -2.23. The van der Waals surface area contributed by atoms with E-state index in [0.717, 1.165) is 38.3 Å². The Hall–Kier alpha value is -1.00. The molecule has 0 saturated carbocycles. The predicted molar refractivity (Wildman–Crippen MR) is 68.8 cm³/mol. The molecule has 0 aliphatic rings. The molecule has 0 amide bonds. The molecule has 1 N–H and O–H groups in total. The molecule has 0 aliphatic heterocycles. The predicted octanol–water partition coefficient (Wildman–Crippen LogP) is 2.33. The molecule has 0 saturated heterocycles. The second-order valence-corrected chi connectivity index (χ2v) is 4.00. The van der Waals surface area contributed by atoms with Gasteiger partial charge in [-0.1, -0.05) is 20.3 Å². The van der Waals surface area contributed by atoms with Crippen LogP contribution in [-0.2, 0) is 4.74 Å². The molecular formula is C13H23N3O. The molecule has 1 rings (SSSR count). The Morgan fingerprint density at radius 2 is 2.18 bits per heavy atom. The van der Waals surface area contributed by atoms with Crippen LogP contribution in [0.15, 0.2) is 18.6 Å². The highest BCUT2D eigenvalue weighted by molar-refractivity contribution is 5.01. The average Bonchev–Trinajstić information content (AvgIpc) is 2.38. The number of nitrogens with one attached hydrogen (secondary N) is 1. The summed E-state index contributed by atoms with van der Waals surface area (Å²) < 4.78 is 5.58. The van der Waals surface area contributed by atoms with Gasteiger partial charge in [-0.05, 0) is 19.4 Å². The van der Waals surface area contributed by atoms with Crippen molar-refractivity contribution in [3.8, 4) is 0 Å². The fraction of sp³-hybridized carbons (Fsp3) is 0.692. The summed E-state index contributed by atoms with van der Waals surface area (Å²) >= 11 is 0. The van der Waals surface area contributed by atoms with Gasteiger partial charge in [0.25, 0.3) is 0 Å². The fourth-order valence-corrected chi connectivity index (χ4v) is 1.64. The molecule has 17 heavy (non-hydrogen) atoms. The zero-order chi connectivity index (χ0) is 12.3. The molecule has 1 unspecified atom stereocenters. The number of unbranched alkanes of at least 4 members (excludes halogenated alkanes) is 1. The van der Waals surface area contributed by atoms with Crippen molar-refractivity contribution in [1.82, 2.24) is 15.3 Å². The van der Waals surface area contributed by atoms with Crippen LogP contribution in [-0.4, -0.2) is 29.7 Å². The summed E-state index contributed by atoms with van der Waals surface area (Å²) in [6.45, 7) is 6.83. The molecule has 96 valence electrons. The number of rotatable bonds is 9. The van der Waals surface area contributed by atoms with Crippen molar-refractivity contribution >= 4 is 0 Å². The minimum absolute atomic E-state index is 0.246. The lowest BCUT2D eigenvalue weighted by atomic mass is 10.1. The van der Waals surface area contributed by atoms with Crippen molar-refractivity contribution in [2.24, 2.45) is 0 Å². The van der Waals surface area contributed by atoms with Crippen LogP contribution in [0.5, 0.6) is 0 Å². The quantitative estimate of drug-likeness (QED) is 0.670.